The third-order valence-corrected chi connectivity index (χ3v) is 6.40. The van der Waals surface area contributed by atoms with Gasteiger partial charge in [0.05, 0.1) is 18.9 Å². The number of nitrogens with one attached hydrogen (secondary N) is 1. The van der Waals surface area contributed by atoms with Gasteiger partial charge >= 0.3 is 0 Å². The van der Waals surface area contributed by atoms with E-state index in [2.05, 4.69) is 43.1 Å². The average molecular weight is 436 g/mol. The van der Waals surface area contributed by atoms with Crippen LogP contribution in [-0.4, -0.2) is 42.1 Å². The van der Waals surface area contributed by atoms with Gasteiger partial charge in [-0.05, 0) is 23.1 Å². The number of rotatable bonds is 5. The molecular weight excluding hydrogens is 406 g/mol. The maximum atomic E-state index is 12.9. The molecule has 2 heterocycles. The number of amides is 1. The van der Waals surface area contributed by atoms with Crippen LogP contribution in [0, 0.1) is 0 Å². The molecule has 0 radical (unpaired) electrons. The highest BCUT2D eigenvalue weighted by molar-refractivity contribution is 7.16. The number of thiazole rings is 1. The Morgan fingerprint density at radius 3 is 2.39 bits per heavy atom. The monoisotopic (exact) mass is 435 g/mol. The summed E-state index contributed by atoms with van der Waals surface area (Å²) in [4.78, 5) is 21.2. The van der Waals surface area contributed by atoms with E-state index in [0.29, 0.717) is 10.7 Å². The molecule has 2 aromatic carbocycles. The van der Waals surface area contributed by atoms with Crippen LogP contribution >= 0.6 is 11.3 Å². The Kier molecular flexibility index (Phi) is 6.51. The summed E-state index contributed by atoms with van der Waals surface area (Å²) in [5.74, 6) is -0.133. The minimum atomic E-state index is -0.133. The zero-order chi connectivity index (χ0) is 21.8. The van der Waals surface area contributed by atoms with Gasteiger partial charge in [0, 0.05) is 35.6 Å². The Bertz CT molecular complexity index is 1020. The van der Waals surface area contributed by atoms with E-state index in [1.165, 1.54) is 5.56 Å². The summed E-state index contributed by atoms with van der Waals surface area (Å²) in [6.07, 6.45) is 0. The van der Waals surface area contributed by atoms with Crippen LogP contribution < -0.4 is 5.32 Å². The van der Waals surface area contributed by atoms with E-state index in [-0.39, 0.29) is 11.3 Å². The Morgan fingerprint density at radius 1 is 1.06 bits per heavy atom. The summed E-state index contributed by atoms with van der Waals surface area (Å²) in [6, 6.07) is 18.0. The van der Waals surface area contributed by atoms with Gasteiger partial charge in [0.15, 0.2) is 5.13 Å². The predicted octanol–water partition coefficient (Wildman–Crippen LogP) is 5.19. The van der Waals surface area contributed by atoms with Crippen molar-refractivity contribution in [3.63, 3.8) is 0 Å². The lowest BCUT2D eigenvalue weighted by molar-refractivity contribution is 0.0347. The Morgan fingerprint density at radius 2 is 1.74 bits per heavy atom. The largest absolute Gasteiger partial charge is 0.379 e. The van der Waals surface area contributed by atoms with Gasteiger partial charge in [-0.1, -0.05) is 74.6 Å². The second kappa shape index (κ2) is 9.30. The first kappa shape index (κ1) is 21.7. The number of benzene rings is 2. The van der Waals surface area contributed by atoms with Crippen molar-refractivity contribution in [1.82, 2.24) is 9.88 Å². The molecule has 1 saturated heterocycles. The summed E-state index contributed by atoms with van der Waals surface area (Å²) in [6.45, 7) is 10.6. The van der Waals surface area contributed by atoms with Gasteiger partial charge < -0.3 is 4.74 Å². The highest BCUT2D eigenvalue weighted by Crippen LogP contribution is 2.32. The molecule has 1 amide bonds. The first-order valence-corrected chi connectivity index (χ1v) is 11.5. The molecule has 1 aliphatic rings. The maximum Gasteiger partial charge on any atom is 0.257 e. The van der Waals surface area contributed by atoms with E-state index in [9.17, 15) is 4.79 Å². The van der Waals surface area contributed by atoms with E-state index in [1.54, 1.807) is 11.3 Å². The van der Waals surface area contributed by atoms with Crippen LogP contribution in [0.5, 0.6) is 0 Å². The lowest BCUT2D eigenvalue weighted by Crippen LogP contribution is -2.35. The Labute approximate surface area is 188 Å². The third-order valence-electron chi connectivity index (χ3n) is 5.45. The van der Waals surface area contributed by atoms with E-state index in [0.717, 1.165) is 49.0 Å². The molecule has 1 aromatic heterocycles. The summed E-state index contributed by atoms with van der Waals surface area (Å²) in [5, 5.41) is 3.64. The van der Waals surface area contributed by atoms with Gasteiger partial charge in [-0.3, -0.25) is 15.0 Å². The summed E-state index contributed by atoms with van der Waals surface area (Å²) < 4.78 is 5.48. The van der Waals surface area contributed by atoms with Crippen LogP contribution in [0.3, 0.4) is 0 Å². The van der Waals surface area contributed by atoms with Crippen molar-refractivity contribution in [2.24, 2.45) is 0 Å². The van der Waals surface area contributed by atoms with Crippen LogP contribution in [0.15, 0.2) is 54.6 Å². The molecule has 31 heavy (non-hydrogen) atoms. The highest BCUT2D eigenvalue weighted by atomic mass is 32.1. The van der Waals surface area contributed by atoms with Gasteiger partial charge in [-0.15, -0.1) is 0 Å². The SMILES string of the molecule is CC(C)(C)c1ccc(C(=O)Nc2nc(-c3ccccc3)c(CN3CCOCC3)s2)cc1. The van der Waals surface area contributed by atoms with Crippen LogP contribution in [-0.2, 0) is 16.7 Å². The van der Waals surface area contributed by atoms with Crippen LogP contribution in [0.2, 0.25) is 0 Å². The molecule has 4 rings (SSSR count). The quantitative estimate of drug-likeness (QED) is 0.599. The van der Waals surface area contributed by atoms with Gasteiger partial charge in [0.2, 0.25) is 0 Å². The standard InChI is InChI=1S/C25H29N3O2S/c1-25(2,3)20-11-9-19(10-12-20)23(29)27-24-26-22(18-7-5-4-6-8-18)21(31-24)17-28-13-15-30-16-14-28/h4-12H,13-17H2,1-3H3,(H,26,27,29). The molecule has 1 aliphatic heterocycles. The van der Waals surface area contributed by atoms with Crippen molar-refractivity contribution in [3.8, 4) is 11.3 Å². The van der Waals surface area contributed by atoms with Crippen molar-refractivity contribution in [3.05, 3.63) is 70.6 Å². The lowest BCUT2D eigenvalue weighted by Gasteiger charge is -2.26. The first-order valence-electron chi connectivity index (χ1n) is 10.7. The molecule has 0 saturated carbocycles. The molecule has 0 unspecified atom stereocenters. The summed E-state index contributed by atoms with van der Waals surface area (Å²) in [7, 11) is 0. The van der Waals surface area contributed by atoms with Crippen molar-refractivity contribution in [1.29, 1.82) is 0 Å². The molecule has 5 nitrogen and oxygen atoms in total. The van der Waals surface area contributed by atoms with Crippen molar-refractivity contribution >= 4 is 22.4 Å². The molecule has 1 N–H and O–H groups in total. The van der Waals surface area contributed by atoms with Crippen molar-refractivity contribution < 1.29 is 9.53 Å². The number of carbonyl (C=O) groups excluding carboxylic acids is 1. The smallest absolute Gasteiger partial charge is 0.257 e. The fraction of sp³-hybridized carbons (Fsp3) is 0.360. The molecule has 0 bridgehead atoms. The van der Waals surface area contributed by atoms with Crippen LogP contribution in [0.1, 0.15) is 41.6 Å². The number of carbonyl (C=O) groups is 1. The molecule has 3 aromatic rings. The van der Waals surface area contributed by atoms with Crippen molar-refractivity contribution in [2.45, 2.75) is 32.7 Å². The van der Waals surface area contributed by atoms with Gasteiger partial charge in [-0.25, -0.2) is 4.98 Å². The molecular formula is C25H29N3O2S. The van der Waals surface area contributed by atoms with Crippen LogP contribution in [0.4, 0.5) is 5.13 Å². The normalized spacial score (nSPS) is 15.1. The molecule has 1 fully saturated rings. The second-order valence-electron chi connectivity index (χ2n) is 8.83. The Balaban J connectivity index is 1.55. The zero-order valence-electron chi connectivity index (χ0n) is 18.4. The number of hydrogen-bond acceptors (Lipinski definition) is 5. The number of anilines is 1. The van der Waals surface area contributed by atoms with E-state index >= 15 is 0 Å². The fourth-order valence-corrected chi connectivity index (χ4v) is 4.61. The zero-order valence-corrected chi connectivity index (χ0v) is 19.2. The topological polar surface area (TPSA) is 54.5 Å². The van der Waals surface area contributed by atoms with Crippen molar-refractivity contribution in [2.75, 3.05) is 31.6 Å². The van der Waals surface area contributed by atoms with E-state index in [4.69, 9.17) is 9.72 Å². The number of ether oxygens (including phenoxy) is 1. The average Bonchev–Trinajstić information content (AvgIpc) is 3.16. The summed E-state index contributed by atoms with van der Waals surface area (Å²) >= 11 is 1.55. The van der Waals surface area contributed by atoms with Crippen LogP contribution in [0.25, 0.3) is 11.3 Å². The number of hydrogen-bond donors (Lipinski definition) is 1. The third kappa shape index (κ3) is 5.39. The minimum Gasteiger partial charge on any atom is -0.379 e. The molecule has 162 valence electrons. The van der Waals surface area contributed by atoms with Gasteiger partial charge in [-0.2, -0.15) is 0 Å². The fourth-order valence-electron chi connectivity index (χ4n) is 3.59. The summed E-state index contributed by atoms with van der Waals surface area (Å²) in [5.41, 5.74) is 3.91. The minimum absolute atomic E-state index is 0.0588. The number of aromatic nitrogens is 1. The maximum absolute atomic E-state index is 12.9. The van der Waals surface area contributed by atoms with Gasteiger partial charge in [0.1, 0.15) is 0 Å². The number of nitrogens with zero attached hydrogens (tertiary/aromatic N) is 2. The molecule has 0 spiro atoms. The molecule has 0 aliphatic carbocycles. The van der Waals surface area contributed by atoms with E-state index < -0.39 is 0 Å². The first-order chi connectivity index (χ1) is 14.9. The molecule has 0 atom stereocenters. The highest BCUT2D eigenvalue weighted by Gasteiger charge is 2.20. The lowest BCUT2D eigenvalue weighted by atomic mass is 9.87. The Hall–Kier alpha value is -2.54. The number of morpholine rings is 1. The molecule has 6 heteroatoms. The van der Waals surface area contributed by atoms with Gasteiger partial charge in [0.25, 0.3) is 5.91 Å². The van der Waals surface area contributed by atoms with E-state index in [1.807, 2.05) is 42.5 Å². The predicted molar refractivity (Wildman–Crippen MR) is 127 cm³/mol. The second-order valence-corrected chi connectivity index (χ2v) is 9.91.